The lowest BCUT2D eigenvalue weighted by atomic mass is 10.2. The van der Waals surface area contributed by atoms with Crippen molar-refractivity contribution in [2.24, 2.45) is 0 Å². The number of nitrogens with one attached hydrogen (secondary N) is 2. The Hall–Kier alpha value is -1.12. The predicted octanol–water partition coefficient (Wildman–Crippen LogP) is 4.06. The predicted molar refractivity (Wildman–Crippen MR) is 102 cm³/mol. The quantitative estimate of drug-likeness (QED) is 0.539. The second-order valence-corrected chi connectivity index (χ2v) is 8.24. The van der Waals surface area contributed by atoms with Gasteiger partial charge in [-0.1, -0.05) is 15.9 Å². The molecular formula is C16H19BrN4OS2. The maximum Gasteiger partial charge on any atom is 0.230 e. The normalized spacial score (nSPS) is 14.0. The van der Waals surface area contributed by atoms with E-state index in [0.717, 1.165) is 28.0 Å². The van der Waals surface area contributed by atoms with Crippen LogP contribution in [0.15, 0.2) is 21.5 Å². The zero-order chi connectivity index (χ0) is 17.3. The molecule has 0 saturated heterocycles. The third-order valence-corrected chi connectivity index (χ3v) is 6.25. The summed E-state index contributed by atoms with van der Waals surface area (Å²) in [5, 5.41) is 9.97. The highest BCUT2D eigenvalue weighted by atomic mass is 79.9. The fourth-order valence-electron chi connectivity index (χ4n) is 2.45. The molecule has 1 amide bonds. The highest BCUT2D eigenvalue weighted by molar-refractivity contribution is 9.10. The van der Waals surface area contributed by atoms with Gasteiger partial charge in [-0.25, -0.2) is 0 Å². The molecule has 0 radical (unpaired) electrons. The topological polar surface area (TPSA) is 62.7 Å². The molecule has 24 heavy (non-hydrogen) atoms. The van der Waals surface area contributed by atoms with Crippen molar-refractivity contribution in [3.63, 3.8) is 0 Å². The Morgan fingerprint density at radius 2 is 2.21 bits per heavy atom. The number of benzene rings is 1. The number of rotatable bonds is 6. The van der Waals surface area contributed by atoms with E-state index >= 15 is 0 Å². The summed E-state index contributed by atoms with van der Waals surface area (Å²) in [4.78, 5) is 13.3. The monoisotopic (exact) mass is 426 g/mol. The standard InChI is InChI=1S/C16H19BrN4OS2/c1-9-6-13(10(2)5-12(9)17)24-8-15(22)18-7-14-19-20-16(23)21(14)11-3-4-11/h5-6,11H,3-4,7-8H2,1-2H3,(H,18,22)(H,20,23). The highest BCUT2D eigenvalue weighted by Gasteiger charge is 2.27. The molecule has 3 rings (SSSR count). The third-order valence-electron chi connectivity index (χ3n) is 3.95. The van der Waals surface area contributed by atoms with Gasteiger partial charge in [0.2, 0.25) is 5.91 Å². The first kappa shape index (κ1) is 17.7. The summed E-state index contributed by atoms with van der Waals surface area (Å²) in [6.07, 6.45) is 2.26. The lowest BCUT2D eigenvalue weighted by Crippen LogP contribution is -2.26. The Morgan fingerprint density at radius 1 is 1.46 bits per heavy atom. The van der Waals surface area contributed by atoms with Gasteiger partial charge in [0.15, 0.2) is 10.6 Å². The summed E-state index contributed by atoms with van der Waals surface area (Å²) < 4.78 is 3.75. The van der Waals surface area contributed by atoms with E-state index in [0.29, 0.717) is 23.1 Å². The van der Waals surface area contributed by atoms with Gasteiger partial charge < -0.3 is 5.32 Å². The van der Waals surface area contributed by atoms with Crippen LogP contribution in [-0.4, -0.2) is 26.4 Å². The maximum absolute atomic E-state index is 12.1. The van der Waals surface area contributed by atoms with Gasteiger partial charge >= 0.3 is 0 Å². The van der Waals surface area contributed by atoms with Crippen molar-refractivity contribution in [3.8, 4) is 0 Å². The minimum absolute atomic E-state index is 0.00348. The summed E-state index contributed by atoms with van der Waals surface area (Å²) in [6.45, 7) is 4.51. The fraction of sp³-hybridized carbons (Fsp3) is 0.438. The number of amides is 1. The molecule has 0 unspecified atom stereocenters. The van der Waals surface area contributed by atoms with Crippen molar-refractivity contribution in [1.29, 1.82) is 0 Å². The Kier molecular flexibility index (Phi) is 5.46. The summed E-state index contributed by atoms with van der Waals surface area (Å²) >= 11 is 10.3. The number of nitrogens with zero attached hydrogens (tertiary/aromatic N) is 2. The molecule has 0 bridgehead atoms. The zero-order valence-corrected chi connectivity index (χ0v) is 16.8. The Morgan fingerprint density at radius 3 is 2.92 bits per heavy atom. The Bertz CT molecular complexity index is 826. The number of carbonyl (C=O) groups excluding carboxylic acids is 1. The molecule has 2 aromatic rings. The van der Waals surface area contributed by atoms with E-state index in [1.807, 2.05) is 11.5 Å². The first-order chi connectivity index (χ1) is 11.5. The van der Waals surface area contributed by atoms with Crippen LogP contribution in [0.25, 0.3) is 0 Å². The van der Waals surface area contributed by atoms with Gasteiger partial charge in [-0.15, -0.1) is 11.8 Å². The number of carbonyl (C=O) groups is 1. The number of hydrogen-bond acceptors (Lipinski definition) is 4. The first-order valence-electron chi connectivity index (χ1n) is 7.77. The fourth-order valence-corrected chi connectivity index (χ4v) is 4.15. The smallest absolute Gasteiger partial charge is 0.230 e. The minimum Gasteiger partial charge on any atom is -0.348 e. The average molecular weight is 427 g/mol. The second kappa shape index (κ2) is 7.41. The van der Waals surface area contributed by atoms with Gasteiger partial charge in [0.05, 0.1) is 12.3 Å². The van der Waals surface area contributed by atoms with Gasteiger partial charge in [0.25, 0.3) is 0 Å². The van der Waals surface area contributed by atoms with E-state index < -0.39 is 0 Å². The van der Waals surface area contributed by atoms with Crippen LogP contribution >= 0.6 is 39.9 Å². The molecule has 1 fully saturated rings. The van der Waals surface area contributed by atoms with Crippen LogP contribution in [0.5, 0.6) is 0 Å². The molecule has 0 atom stereocenters. The van der Waals surface area contributed by atoms with Crippen molar-refractivity contribution in [3.05, 3.63) is 38.3 Å². The number of hydrogen-bond donors (Lipinski definition) is 2. The van der Waals surface area contributed by atoms with Gasteiger partial charge in [-0.05, 0) is 62.2 Å². The van der Waals surface area contributed by atoms with Crippen LogP contribution in [0, 0.1) is 18.6 Å². The molecule has 0 aliphatic heterocycles. The van der Waals surface area contributed by atoms with Gasteiger partial charge in [-0.2, -0.15) is 5.10 Å². The van der Waals surface area contributed by atoms with Crippen molar-refractivity contribution in [2.45, 2.75) is 44.2 Å². The molecule has 2 N–H and O–H groups in total. The largest absolute Gasteiger partial charge is 0.348 e. The van der Waals surface area contributed by atoms with Crippen LogP contribution in [-0.2, 0) is 11.3 Å². The van der Waals surface area contributed by atoms with E-state index in [1.54, 1.807) is 11.8 Å². The third kappa shape index (κ3) is 4.10. The summed E-state index contributed by atoms with van der Waals surface area (Å²) in [7, 11) is 0. The molecule has 1 aromatic carbocycles. The van der Waals surface area contributed by atoms with Crippen molar-refractivity contribution in [2.75, 3.05) is 5.75 Å². The first-order valence-corrected chi connectivity index (χ1v) is 9.96. The van der Waals surface area contributed by atoms with E-state index in [1.165, 1.54) is 11.1 Å². The van der Waals surface area contributed by atoms with Gasteiger partial charge in [0.1, 0.15) is 0 Å². The number of aryl methyl sites for hydroxylation is 2. The number of aromatic amines is 1. The highest BCUT2D eigenvalue weighted by Crippen LogP contribution is 2.35. The van der Waals surface area contributed by atoms with Crippen LogP contribution in [0.3, 0.4) is 0 Å². The molecule has 0 spiro atoms. The van der Waals surface area contributed by atoms with Crippen molar-refractivity contribution in [1.82, 2.24) is 20.1 Å². The van der Waals surface area contributed by atoms with Crippen LogP contribution < -0.4 is 5.32 Å². The van der Waals surface area contributed by atoms with E-state index in [9.17, 15) is 4.79 Å². The molecule has 128 valence electrons. The molecular weight excluding hydrogens is 408 g/mol. The molecule has 8 heteroatoms. The SMILES string of the molecule is Cc1cc(SCC(=O)NCc2n[nH]c(=S)n2C2CC2)c(C)cc1Br. The summed E-state index contributed by atoms with van der Waals surface area (Å²) in [5.74, 6) is 1.18. The molecule has 1 saturated carbocycles. The second-order valence-electron chi connectivity index (χ2n) is 5.98. The van der Waals surface area contributed by atoms with Crippen LogP contribution in [0.4, 0.5) is 0 Å². The van der Waals surface area contributed by atoms with E-state index in [4.69, 9.17) is 12.2 Å². The maximum atomic E-state index is 12.1. The molecule has 5 nitrogen and oxygen atoms in total. The van der Waals surface area contributed by atoms with Gasteiger partial charge in [-0.3, -0.25) is 14.5 Å². The average Bonchev–Trinajstić information content (AvgIpc) is 3.30. The lowest BCUT2D eigenvalue weighted by molar-refractivity contribution is -0.118. The minimum atomic E-state index is -0.00348. The van der Waals surface area contributed by atoms with E-state index in [2.05, 4.69) is 50.5 Å². The Balaban J connectivity index is 1.55. The molecule has 1 aliphatic rings. The zero-order valence-electron chi connectivity index (χ0n) is 13.6. The lowest BCUT2D eigenvalue weighted by Gasteiger charge is -2.09. The molecule has 1 heterocycles. The van der Waals surface area contributed by atoms with Crippen molar-refractivity contribution >= 4 is 45.8 Å². The summed E-state index contributed by atoms with van der Waals surface area (Å²) in [6, 6.07) is 4.64. The number of halogens is 1. The van der Waals surface area contributed by atoms with Crippen molar-refractivity contribution < 1.29 is 4.79 Å². The number of aromatic nitrogens is 3. The van der Waals surface area contributed by atoms with E-state index in [-0.39, 0.29) is 5.91 Å². The van der Waals surface area contributed by atoms with Crippen LogP contribution in [0.1, 0.15) is 35.8 Å². The number of H-pyrrole nitrogens is 1. The Labute approximate surface area is 158 Å². The summed E-state index contributed by atoms with van der Waals surface area (Å²) in [5.41, 5.74) is 2.34. The number of thioether (sulfide) groups is 1. The van der Waals surface area contributed by atoms with Gasteiger partial charge in [0, 0.05) is 15.4 Å². The van der Waals surface area contributed by atoms with Crippen LogP contribution in [0.2, 0.25) is 0 Å². The molecule has 1 aromatic heterocycles. The molecule has 1 aliphatic carbocycles.